The zero-order valence-corrected chi connectivity index (χ0v) is 31.7. The van der Waals surface area contributed by atoms with E-state index in [9.17, 15) is 0 Å². The summed E-state index contributed by atoms with van der Waals surface area (Å²) in [5.41, 5.74) is 18.2. The molecule has 0 saturated carbocycles. The van der Waals surface area contributed by atoms with E-state index in [0.717, 1.165) is 11.4 Å². The maximum Gasteiger partial charge on any atom is 0.0543 e. The van der Waals surface area contributed by atoms with Gasteiger partial charge in [0.15, 0.2) is 0 Å². The number of nitrogens with zero attached hydrogens (tertiary/aromatic N) is 1. The molecule has 0 radical (unpaired) electrons. The number of hydrogen-bond acceptors (Lipinski definition) is 1. The van der Waals surface area contributed by atoms with E-state index in [1.165, 1.54) is 83.2 Å². The minimum absolute atomic E-state index is 0.120. The van der Waals surface area contributed by atoms with Gasteiger partial charge in [0, 0.05) is 22.2 Å². The van der Waals surface area contributed by atoms with Crippen LogP contribution in [0.25, 0.3) is 66.4 Å². The van der Waals surface area contributed by atoms with Crippen LogP contribution < -0.4 is 4.90 Å². The molecule has 0 aromatic heterocycles. The summed E-state index contributed by atoms with van der Waals surface area (Å²) >= 11 is 0. The summed E-state index contributed by atoms with van der Waals surface area (Å²) in [4.78, 5) is 2.49. The van der Waals surface area contributed by atoms with Crippen LogP contribution in [0.15, 0.2) is 212 Å². The van der Waals surface area contributed by atoms with Gasteiger partial charge < -0.3 is 4.90 Å². The summed E-state index contributed by atoms with van der Waals surface area (Å²) in [7, 11) is 0. The number of para-hydroxylation sites is 1. The number of benzene rings is 9. The van der Waals surface area contributed by atoms with E-state index in [1.807, 2.05) is 0 Å². The van der Waals surface area contributed by atoms with Crippen LogP contribution in [0.3, 0.4) is 0 Å². The third kappa shape index (κ3) is 5.81. The lowest BCUT2D eigenvalue weighted by Gasteiger charge is -2.31. The molecule has 1 heteroatoms. The number of rotatable bonds is 7. The predicted octanol–water partition coefficient (Wildman–Crippen LogP) is 15.3. The largest absolute Gasteiger partial charge is 0.309 e. The van der Waals surface area contributed by atoms with Crippen molar-refractivity contribution in [2.24, 2.45) is 0 Å². The third-order valence-electron chi connectivity index (χ3n) is 11.7. The van der Waals surface area contributed by atoms with E-state index in [4.69, 9.17) is 0 Å². The van der Waals surface area contributed by atoms with Crippen molar-refractivity contribution in [3.05, 3.63) is 223 Å². The standard InChI is InChI=1S/C55H41N/c1-55(2)50-25-10-8-24-49(50)54-51(55)26-14-28-53(54)56(47-22-13-21-45(37-47)44-20-12-19-43(35-44)38-15-4-3-5-16-38)52-27-11-9-23-48(52)41-32-29-40(30-33-41)46-34-31-39-17-6-7-18-42(39)36-46/h3-37H,1-2H3. The van der Waals surface area contributed by atoms with E-state index in [1.54, 1.807) is 0 Å². The zero-order chi connectivity index (χ0) is 37.6. The van der Waals surface area contributed by atoms with Gasteiger partial charge in [0.1, 0.15) is 0 Å². The molecule has 0 fully saturated rings. The molecule has 0 unspecified atom stereocenters. The zero-order valence-electron chi connectivity index (χ0n) is 31.7. The molecule has 266 valence electrons. The van der Waals surface area contributed by atoms with E-state index < -0.39 is 0 Å². The fourth-order valence-electron chi connectivity index (χ4n) is 8.79. The van der Waals surface area contributed by atoms with Gasteiger partial charge in [-0.25, -0.2) is 0 Å². The Morgan fingerprint density at radius 1 is 0.321 bits per heavy atom. The van der Waals surface area contributed by atoms with Crippen LogP contribution in [-0.4, -0.2) is 0 Å². The van der Waals surface area contributed by atoms with Gasteiger partial charge in [-0.05, 0) is 103 Å². The van der Waals surface area contributed by atoms with E-state index in [-0.39, 0.29) is 5.41 Å². The molecule has 0 saturated heterocycles. The van der Waals surface area contributed by atoms with Crippen molar-refractivity contribution in [3.63, 3.8) is 0 Å². The highest BCUT2D eigenvalue weighted by molar-refractivity contribution is 5.98. The van der Waals surface area contributed by atoms with E-state index in [0.29, 0.717) is 0 Å². The van der Waals surface area contributed by atoms with Gasteiger partial charge in [-0.2, -0.15) is 0 Å². The fourth-order valence-corrected chi connectivity index (χ4v) is 8.79. The van der Waals surface area contributed by atoms with Crippen LogP contribution in [0.5, 0.6) is 0 Å². The molecule has 9 aromatic carbocycles. The molecule has 0 bridgehead atoms. The molecule has 0 amide bonds. The van der Waals surface area contributed by atoms with Gasteiger partial charge in [-0.15, -0.1) is 0 Å². The fraction of sp³-hybridized carbons (Fsp3) is 0.0545. The van der Waals surface area contributed by atoms with Gasteiger partial charge in [-0.3, -0.25) is 0 Å². The highest BCUT2D eigenvalue weighted by Crippen LogP contribution is 2.55. The monoisotopic (exact) mass is 715 g/mol. The lowest BCUT2D eigenvalue weighted by molar-refractivity contribution is 0.660. The normalized spacial score (nSPS) is 12.6. The number of fused-ring (bicyclic) bond motifs is 4. The Morgan fingerprint density at radius 2 is 0.839 bits per heavy atom. The number of anilines is 3. The van der Waals surface area contributed by atoms with Crippen molar-refractivity contribution in [1.29, 1.82) is 0 Å². The minimum Gasteiger partial charge on any atom is -0.309 e. The molecular weight excluding hydrogens is 675 g/mol. The highest BCUT2D eigenvalue weighted by Gasteiger charge is 2.38. The second-order valence-electron chi connectivity index (χ2n) is 15.4. The van der Waals surface area contributed by atoms with Crippen LogP contribution in [-0.2, 0) is 5.41 Å². The molecular formula is C55H41N. The summed E-state index contributed by atoms with van der Waals surface area (Å²) in [6.07, 6.45) is 0. The quantitative estimate of drug-likeness (QED) is 0.159. The Labute approximate surface area is 329 Å². The molecule has 0 heterocycles. The molecule has 56 heavy (non-hydrogen) atoms. The minimum atomic E-state index is -0.120. The molecule has 1 aliphatic rings. The van der Waals surface area contributed by atoms with Crippen LogP contribution in [0.4, 0.5) is 17.1 Å². The van der Waals surface area contributed by atoms with Gasteiger partial charge >= 0.3 is 0 Å². The van der Waals surface area contributed by atoms with E-state index >= 15 is 0 Å². The average Bonchev–Trinajstić information content (AvgIpc) is 3.50. The molecule has 1 aliphatic carbocycles. The first-order valence-corrected chi connectivity index (χ1v) is 19.5. The Kier molecular flexibility index (Phi) is 8.23. The lowest BCUT2D eigenvalue weighted by atomic mass is 9.82. The van der Waals surface area contributed by atoms with Crippen LogP contribution in [0.2, 0.25) is 0 Å². The predicted molar refractivity (Wildman–Crippen MR) is 238 cm³/mol. The topological polar surface area (TPSA) is 3.24 Å². The summed E-state index contributed by atoms with van der Waals surface area (Å²) in [5.74, 6) is 0. The Bertz CT molecular complexity index is 2880. The molecule has 0 atom stereocenters. The van der Waals surface area contributed by atoms with Crippen molar-refractivity contribution >= 4 is 27.8 Å². The number of hydrogen-bond donors (Lipinski definition) is 0. The summed E-state index contributed by atoms with van der Waals surface area (Å²) < 4.78 is 0. The van der Waals surface area contributed by atoms with Crippen molar-refractivity contribution in [3.8, 4) is 55.6 Å². The maximum atomic E-state index is 2.49. The van der Waals surface area contributed by atoms with Gasteiger partial charge in [0.05, 0.1) is 11.4 Å². The second kappa shape index (κ2) is 13.7. The Balaban J connectivity index is 1.14. The molecule has 0 spiro atoms. The lowest BCUT2D eigenvalue weighted by Crippen LogP contribution is -2.16. The second-order valence-corrected chi connectivity index (χ2v) is 15.4. The first-order valence-electron chi connectivity index (χ1n) is 19.5. The summed E-state index contributed by atoms with van der Waals surface area (Å²) in [6.45, 7) is 4.72. The van der Waals surface area contributed by atoms with Gasteiger partial charge in [0.2, 0.25) is 0 Å². The van der Waals surface area contributed by atoms with Gasteiger partial charge in [0.25, 0.3) is 0 Å². The first-order chi connectivity index (χ1) is 27.5. The molecule has 9 aromatic rings. The highest BCUT2D eigenvalue weighted by atomic mass is 15.1. The van der Waals surface area contributed by atoms with Crippen LogP contribution >= 0.6 is 0 Å². The molecule has 1 nitrogen and oxygen atoms in total. The van der Waals surface area contributed by atoms with Crippen molar-refractivity contribution in [1.82, 2.24) is 0 Å². The molecule has 0 N–H and O–H groups in total. The first kappa shape index (κ1) is 33.6. The van der Waals surface area contributed by atoms with Crippen LogP contribution in [0, 0.1) is 0 Å². The Hall–Kier alpha value is -6.96. The average molecular weight is 716 g/mol. The van der Waals surface area contributed by atoms with Crippen molar-refractivity contribution in [2.75, 3.05) is 4.90 Å². The molecule has 0 aliphatic heterocycles. The van der Waals surface area contributed by atoms with Crippen molar-refractivity contribution < 1.29 is 0 Å². The third-order valence-corrected chi connectivity index (χ3v) is 11.7. The van der Waals surface area contributed by atoms with Crippen molar-refractivity contribution in [2.45, 2.75) is 19.3 Å². The van der Waals surface area contributed by atoms with E-state index in [2.05, 4.69) is 231 Å². The maximum absolute atomic E-state index is 2.49. The smallest absolute Gasteiger partial charge is 0.0543 e. The summed E-state index contributed by atoms with van der Waals surface area (Å²) in [6, 6.07) is 77.7. The van der Waals surface area contributed by atoms with Gasteiger partial charge in [-0.1, -0.05) is 190 Å². The summed E-state index contributed by atoms with van der Waals surface area (Å²) in [5, 5.41) is 2.51. The molecule has 10 rings (SSSR count). The SMILES string of the molecule is CC1(C)c2ccccc2-c2c(N(c3cccc(-c4cccc(-c5ccccc5)c4)c3)c3ccccc3-c3ccc(-c4ccc5ccccc5c4)cc3)cccc21. The van der Waals surface area contributed by atoms with Crippen LogP contribution in [0.1, 0.15) is 25.0 Å². The Morgan fingerprint density at radius 3 is 1.66 bits per heavy atom.